The molecule has 25 heavy (non-hydrogen) atoms. The summed E-state index contributed by atoms with van der Waals surface area (Å²) in [6, 6.07) is 10.2. The fourth-order valence-electron chi connectivity index (χ4n) is 4.35. The van der Waals surface area contributed by atoms with Gasteiger partial charge in [-0.3, -0.25) is 0 Å². The van der Waals surface area contributed by atoms with Crippen LogP contribution in [0.25, 0.3) is 16.7 Å². The van der Waals surface area contributed by atoms with E-state index in [-0.39, 0.29) is 5.54 Å². The molecular weight excluding hydrogens is 310 g/mol. The molecule has 128 valence electrons. The zero-order chi connectivity index (χ0) is 16.7. The maximum absolute atomic E-state index is 4.83. The Hall–Kier alpha value is -2.27. The molecule has 1 aromatic carbocycles. The van der Waals surface area contributed by atoms with Crippen LogP contribution in [-0.4, -0.2) is 31.8 Å². The zero-order valence-electron chi connectivity index (χ0n) is 14.4. The highest BCUT2D eigenvalue weighted by molar-refractivity contribution is 5.79. The van der Waals surface area contributed by atoms with Gasteiger partial charge in [-0.25, -0.2) is 14.6 Å². The summed E-state index contributed by atoms with van der Waals surface area (Å²) in [6.07, 6.45) is 11.5. The van der Waals surface area contributed by atoms with Crippen molar-refractivity contribution in [2.45, 2.75) is 44.1 Å². The van der Waals surface area contributed by atoms with E-state index in [2.05, 4.69) is 27.5 Å². The Bertz CT molecular complexity index is 890. The molecule has 1 saturated heterocycles. The van der Waals surface area contributed by atoms with Crippen molar-refractivity contribution >= 4 is 10.9 Å². The lowest BCUT2D eigenvalue weighted by Gasteiger charge is -2.28. The lowest BCUT2D eigenvalue weighted by atomic mass is 9.78. The second-order valence-electron chi connectivity index (χ2n) is 7.47. The normalized spacial score (nSPS) is 23.8. The van der Waals surface area contributed by atoms with Crippen molar-refractivity contribution in [3.63, 3.8) is 0 Å². The standard InChI is InChI=1S/C20H23N5/c1-2-7-16(8-3-1)20(14-22-20)12-18-21-11-10-19(24-18)25-17-9-5-4-6-15(17)13-23-25/h4-6,9-11,13,16,22H,1-3,7-8,12,14H2. The Morgan fingerprint density at radius 3 is 2.80 bits per heavy atom. The summed E-state index contributed by atoms with van der Waals surface area (Å²) < 4.78 is 1.91. The topological polar surface area (TPSA) is 65.5 Å². The summed E-state index contributed by atoms with van der Waals surface area (Å²) in [5.41, 5.74) is 1.32. The molecular formula is C20H23N5. The van der Waals surface area contributed by atoms with Crippen molar-refractivity contribution in [2.24, 2.45) is 5.92 Å². The lowest BCUT2D eigenvalue weighted by molar-refractivity contribution is 0.279. The quantitative estimate of drug-likeness (QED) is 0.744. The fraction of sp³-hybridized carbons (Fsp3) is 0.450. The highest BCUT2D eigenvalue weighted by atomic mass is 15.3. The Labute approximate surface area is 147 Å². The lowest BCUT2D eigenvalue weighted by Crippen LogP contribution is -2.32. The highest BCUT2D eigenvalue weighted by Crippen LogP contribution is 2.40. The van der Waals surface area contributed by atoms with Gasteiger partial charge in [-0.1, -0.05) is 37.5 Å². The summed E-state index contributed by atoms with van der Waals surface area (Å²) in [6.45, 7) is 1.11. The molecule has 0 bridgehead atoms. The van der Waals surface area contributed by atoms with Gasteiger partial charge in [0.15, 0.2) is 5.82 Å². The molecule has 0 radical (unpaired) electrons. The first kappa shape index (κ1) is 15.0. The molecule has 2 aromatic heterocycles. The summed E-state index contributed by atoms with van der Waals surface area (Å²) in [5, 5.41) is 9.30. The van der Waals surface area contributed by atoms with E-state index in [9.17, 15) is 0 Å². The Morgan fingerprint density at radius 2 is 1.96 bits per heavy atom. The maximum Gasteiger partial charge on any atom is 0.157 e. The molecule has 2 fully saturated rings. The van der Waals surface area contributed by atoms with Gasteiger partial charge < -0.3 is 5.32 Å². The Kier molecular flexibility index (Phi) is 3.55. The molecule has 5 rings (SSSR count). The second-order valence-corrected chi connectivity index (χ2v) is 7.47. The van der Waals surface area contributed by atoms with E-state index in [0.29, 0.717) is 0 Å². The van der Waals surface area contributed by atoms with Crippen LogP contribution in [0.4, 0.5) is 0 Å². The van der Waals surface area contributed by atoms with Crippen LogP contribution in [0.15, 0.2) is 42.7 Å². The predicted octanol–water partition coefficient (Wildman–Crippen LogP) is 3.28. The summed E-state index contributed by atoms with van der Waals surface area (Å²) in [4.78, 5) is 9.39. The first-order chi connectivity index (χ1) is 12.3. The average molecular weight is 333 g/mol. The molecule has 3 aromatic rings. The summed E-state index contributed by atoms with van der Waals surface area (Å²) >= 11 is 0. The minimum absolute atomic E-state index is 0.241. The maximum atomic E-state index is 4.83. The van der Waals surface area contributed by atoms with Crippen molar-refractivity contribution in [3.05, 3.63) is 48.5 Å². The number of benzene rings is 1. The fourth-order valence-corrected chi connectivity index (χ4v) is 4.35. The van der Waals surface area contributed by atoms with Crippen LogP contribution in [0.2, 0.25) is 0 Å². The van der Waals surface area contributed by atoms with Gasteiger partial charge in [-0.05, 0) is 24.8 Å². The van der Waals surface area contributed by atoms with Gasteiger partial charge in [0.2, 0.25) is 0 Å². The predicted molar refractivity (Wildman–Crippen MR) is 97.7 cm³/mol. The van der Waals surface area contributed by atoms with Crippen LogP contribution in [0.3, 0.4) is 0 Å². The van der Waals surface area contributed by atoms with Crippen LogP contribution < -0.4 is 5.32 Å². The largest absolute Gasteiger partial charge is 0.307 e. The smallest absolute Gasteiger partial charge is 0.157 e. The third-order valence-electron chi connectivity index (χ3n) is 5.88. The molecule has 0 spiro atoms. The molecule has 1 atom stereocenters. The van der Waals surface area contributed by atoms with Gasteiger partial charge in [0, 0.05) is 36.2 Å². The van der Waals surface area contributed by atoms with Crippen LogP contribution in [0.5, 0.6) is 0 Å². The molecule has 0 amide bonds. The number of aromatic nitrogens is 4. The molecule has 1 unspecified atom stereocenters. The van der Waals surface area contributed by atoms with Gasteiger partial charge in [0.1, 0.15) is 5.82 Å². The Morgan fingerprint density at radius 1 is 1.12 bits per heavy atom. The molecule has 3 heterocycles. The summed E-state index contributed by atoms with van der Waals surface area (Å²) in [7, 11) is 0. The second kappa shape index (κ2) is 5.92. The van der Waals surface area contributed by atoms with E-state index in [1.165, 1.54) is 32.1 Å². The first-order valence-electron chi connectivity index (χ1n) is 9.34. The van der Waals surface area contributed by atoms with Gasteiger partial charge >= 0.3 is 0 Å². The minimum Gasteiger partial charge on any atom is -0.307 e. The van der Waals surface area contributed by atoms with Gasteiger partial charge in [-0.15, -0.1) is 0 Å². The van der Waals surface area contributed by atoms with Crippen LogP contribution >= 0.6 is 0 Å². The molecule has 2 aliphatic rings. The van der Waals surface area contributed by atoms with E-state index in [0.717, 1.165) is 41.4 Å². The summed E-state index contributed by atoms with van der Waals surface area (Å²) in [5.74, 6) is 2.55. The number of rotatable bonds is 4. The van der Waals surface area contributed by atoms with Crippen molar-refractivity contribution in [2.75, 3.05) is 6.54 Å². The number of hydrogen-bond donors (Lipinski definition) is 1. The zero-order valence-corrected chi connectivity index (χ0v) is 14.4. The molecule has 5 heteroatoms. The van der Waals surface area contributed by atoms with Crippen LogP contribution in [0, 0.1) is 5.92 Å². The molecule has 5 nitrogen and oxygen atoms in total. The SMILES string of the molecule is c1ccc2c(c1)cnn2-c1ccnc(CC2(C3CCCCC3)CN2)n1. The van der Waals surface area contributed by atoms with Crippen molar-refractivity contribution in [3.8, 4) is 5.82 Å². The van der Waals surface area contributed by atoms with Crippen molar-refractivity contribution in [1.82, 2.24) is 25.1 Å². The number of nitrogens with one attached hydrogen (secondary N) is 1. The number of para-hydroxylation sites is 1. The number of hydrogen-bond acceptors (Lipinski definition) is 4. The van der Waals surface area contributed by atoms with E-state index >= 15 is 0 Å². The molecule has 1 saturated carbocycles. The van der Waals surface area contributed by atoms with E-state index in [1.807, 2.05) is 35.3 Å². The third-order valence-corrected chi connectivity index (χ3v) is 5.88. The molecule has 1 aliphatic carbocycles. The van der Waals surface area contributed by atoms with Crippen LogP contribution in [0.1, 0.15) is 37.9 Å². The number of nitrogens with zero attached hydrogens (tertiary/aromatic N) is 4. The van der Waals surface area contributed by atoms with Crippen LogP contribution in [-0.2, 0) is 6.42 Å². The highest BCUT2D eigenvalue weighted by Gasteiger charge is 2.49. The van der Waals surface area contributed by atoms with Gasteiger partial charge in [0.25, 0.3) is 0 Å². The van der Waals surface area contributed by atoms with E-state index < -0.39 is 0 Å². The average Bonchev–Trinajstić information content (AvgIpc) is 3.32. The number of fused-ring (bicyclic) bond motifs is 1. The van der Waals surface area contributed by atoms with Gasteiger partial charge in [0.05, 0.1) is 11.7 Å². The third kappa shape index (κ3) is 2.72. The first-order valence-corrected chi connectivity index (χ1v) is 9.34. The van der Waals surface area contributed by atoms with Gasteiger partial charge in [-0.2, -0.15) is 5.10 Å². The van der Waals surface area contributed by atoms with E-state index in [1.54, 1.807) is 0 Å². The minimum atomic E-state index is 0.241. The molecule has 1 N–H and O–H groups in total. The van der Waals surface area contributed by atoms with E-state index in [4.69, 9.17) is 4.98 Å². The monoisotopic (exact) mass is 333 g/mol. The van der Waals surface area contributed by atoms with Crippen molar-refractivity contribution < 1.29 is 0 Å². The Balaban J connectivity index is 1.43. The molecule has 1 aliphatic heterocycles. The van der Waals surface area contributed by atoms with Crippen molar-refractivity contribution in [1.29, 1.82) is 0 Å².